The van der Waals surface area contributed by atoms with Gasteiger partial charge in [0.2, 0.25) is 0 Å². The minimum atomic E-state index is 0.641. The molecule has 0 heterocycles. The van der Waals surface area contributed by atoms with E-state index in [0.717, 1.165) is 23.6 Å². The molecule has 0 spiro atoms. The number of anilines is 1. The highest BCUT2D eigenvalue weighted by Gasteiger charge is 2.06. The lowest BCUT2D eigenvalue weighted by molar-refractivity contribution is 0.298. The van der Waals surface area contributed by atoms with E-state index in [2.05, 4.69) is 12.1 Å². The minimum absolute atomic E-state index is 0.641. The molecule has 2 aromatic rings. The van der Waals surface area contributed by atoms with Crippen LogP contribution in [-0.2, 0) is 6.42 Å². The molecular formula is C17H21NO2. The molecule has 0 bridgehead atoms. The van der Waals surface area contributed by atoms with E-state index in [4.69, 9.17) is 9.47 Å². The van der Waals surface area contributed by atoms with Gasteiger partial charge in [-0.3, -0.25) is 0 Å². The fourth-order valence-corrected chi connectivity index (χ4v) is 1.98. The Morgan fingerprint density at radius 1 is 0.950 bits per heavy atom. The predicted octanol–water partition coefficient (Wildman–Crippen LogP) is 3.38. The minimum Gasteiger partial charge on any atom is -0.493 e. The summed E-state index contributed by atoms with van der Waals surface area (Å²) in [6.07, 6.45) is 0.888. The van der Waals surface area contributed by atoms with E-state index in [0.29, 0.717) is 6.61 Å². The molecule has 0 atom stereocenters. The maximum absolute atomic E-state index is 5.82. The van der Waals surface area contributed by atoms with Crippen molar-refractivity contribution in [1.29, 1.82) is 0 Å². The van der Waals surface area contributed by atoms with Crippen molar-refractivity contribution in [3.63, 3.8) is 0 Å². The third-order valence-corrected chi connectivity index (χ3v) is 3.15. The Balaban J connectivity index is 1.99. The Kier molecular flexibility index (Phi) is 4.88. The lowest BCUT2D eigenvalue weighted by Crippen LogP contribution is -2.09. The number of hydrogen-bond acceptors (Lipinski definition) is 3. The van der Waals surface area contributed by atoms with Crippen LogP contribution in [0.3, 0.4) is 0 Å². The van der Waals surface area contributed by atoms with Crippen molar-refractivity contribution in [2.24, 2.45) is 0 Å². The molecule has 3 nitrogen and oxygen atoms in total. The molecule has 0 aliphatic carbocycles. The molecule has 0 N–H and O–H groups in total. The number of ether oxygens (including phenoxy) is 2. The summed E-state index contributed by atoms with van der Waals surface area (Å²) in [6, 6.07) is 16.3. The van der Waals surface area contributed by atoms with Crippen molar-refractivity contribution in [3.8, 4) is 11.5 Å². The zero-order valence-electron chi connectivity index (χ0n) is 12.3. The van der Waals surface area contributed by atoms with E-state index >= 15 is 0 Å². The Labute approximate surface area is 120 Å². The highest BCUT2D eigenvalue weighted by Crippen LogP contribution is 2.31. The van der Waals surface area contributed by atoms with Crippen LogP contribution in [0.25, 0.3) is 0 Å². The third kappa shape index (κ3) is 3.67. The molecular weight excluding hydrogens is 250 g/mol. The van der Waals surface area contributed by atoms with Crippen molar-refractivity contribution >= 4 is 5.69 Å². The summed E-state index contributed by atoms with van der Waals surface area (Å²) in [7, 11) is 5.67. The van der Waals surface area contributed by atoms with Gasteiger partial charge in [0, 0.05) is 32.3 Å². The first-order valence-corrected chi connectivity index (χ1v) is 6.73. The van der Waals surface area contributed by atoms with Gasteiger partial charge < -0.3 is 14.4 Å². The van der Waals surface area contributed by atoms with Crippen LogP contribution in [0.15, 0.2) is 48.5 Å². The van der Waals surface area contributed by atoms with Crippen LogP contribution >= 0.6 is 0 Å². The van der Waals surface area contributed by atoms with Crippen LogP contribution in [0.2, 0.25) is 0 Å². The SMILES string of the molecule is COc1cc(N(C)C)ccc1OCCc1ccccc1. The molecule has 0 aromatic heterocycles. The second kappa shape index (κ2) is 6.85. The molecule has 0 unspecified atom stereocenters. The molecule has 2 aromatic carbocycles. The Hall–Kier alpha value is -2.16. The van der Waals surface area contributed by atoms with E-state index in [1.807, 2.05) is 55.4 Å². The zero-order valence-corrected chi connectivity index (χ0v) is 12.3. The molecule has 0 fully saturated rings. The average Bonchev–Trinajstić information content (AvgIpc) is 2.48. The largest absolute Gasteiger partial charge is 0.493 e. The molecule has 2 rings (SSSR count). The van der Waals surface area contributed by atoms with Crippen LogP contribution in [0.4, 0.5) is 5.69 Å². The molecule has 0 saturated heterocycles. The van der Waals surface area contributed by atoms with Gasteiger partial charge in [-0.2, -0.15) is 0 Å². The van der Waals surface area contributed by atoms with Gasteiger partial charge in [-0.25, -0.2) is 0 Å². The number of rotatable bonds is 6. The maximum Gasteiger partial charge on any atom is 0.162 e. The summed E-state index contributed by atoms with van der Waals surface area (Å²) in [6.45, 7) is 0.641. The summed E-state index contributed by atoms with van der Waals surface area (Å²) in [5, 5.41) is 0. The lowest BCUT2D eigenvalue weighted by Gasteiger charge is -2.16. The Bertz CT molecular complexity index is 538. The van der Waals surface area contributed by atoms with Crippen LogP contribution in [0, 0.1) is 0 Å². The first-order valence-electron chi connectivity index (χ1n) is 6.73. The molecule has 20 heavy (non-hydrogen) atoms. The zero-order chi connectivity index (χ0) is 14.4. The maximum atomic E-state index is 5.82. The summed E-state index contributed by atoms with van der Waals surface area (Å²) >= 11 is 0. The molecule has 0 aliphatic rings. The first-order chi connectivity index (χ1) is 9.70. The van der Waals surface area contributed by atoms with E-state index in [-0.39, 0.29) is 0 Å². The molecule has 0 amide bonds. The number of benzene rings is 2. The fraction of sp³-hybridized carbons (Fsp3) is 0.294. The molecule has 106 valence electrons. The summed E-state index contributed by atoms with van der Waals surface area (Å²) in [4.78, 5) is 2.04. The third-order valence-electron chi connectivity index (χ3n) is 3.15. The van der Waals surface area contributed by atoms with Gasteiger partial charge in [0.25, 0.3) is 0 Å². The molecule has 3 heteroatoms. The van der Waals surface area contributed by atoms with Gasteiger partial charge in [-0.1, -0.05) is 30.3 Å². The smallest absolute Gasteiger partial charge is 0.162 e. The lowest BCUT2D eigenvalue weighted by atomic mass is 10.2. The normalized spacial score (nSPS) is 10.2. The van der Waals surface area contributed by atoms with Crippen LogP contribution < -0.4 is 14.4 Å². The van der Waals surface area contributed by atoms with Crippen molar-refractivity contribution in [3.05, 3.63) is 54.1 Å². The molecule has 0 saturated carbocycles. The summed E-state index contributed by atoms with van der Waals surface area (Å²) < 4.78 is 11.2. The van der Waals surface area contributed by atoms with Crippen molar-refractivity contribution in [2.45, 2.75) is 6.42 Å². The van der Waals surface area contributed by atoms with E-state index in [9.17, 15) is 0 Å². The van der Waals surface area contributed by atoms with Crippen LogP contribution in [-0.4, -0.2) is 27.8 Å². The molecule has 0 radical (unpaired) electrons. The number of methoxy groups -OCH3 is 1. The Morgan fingerprint density at radius 2 is 1.70 bits per heavy atom. The van der Waals surface area contributed by atoms with Gasteiger partial charge >= 0.3 is 0 Å². The summed E-state index contributed by atoms with van der Waals surface area (Å²) in [5.74, 6) is 1.55. The quantitative estimate of drug-likeness (QED) is 0.804. The van der Waals surface area contributed by atoms with Gasteiger partial charge in [-0.05, 0) is 17.7 Å². The monoisotopic (exact) mass is 271 g/mol. The standard InChI is InChI=1S/C17H21NO2/c1-18(2)15-9-10-16(17(13-15)19-3)20-12-11-14-7-5-4-6-8-14/h4-10,13H,11-12H2,1-3H3. The topological polar surface area (TPSA) is 21.7 Å². The van der Waals surface area contributed by atoms with E-state index < -0.39 is 0 Å². The predicted molar refractivity (Wildman–Crippen MR) is 83.0 cm³/mol. The fourth-order valence-electron chi connectivity index (χ4n) is 1.98. The highest BCUT2D eigenvalue weighted by atomic mass is 16.5. The highest BCUT2D eigenvalue weighted by molar-refractivity contribution is 5.55. The second-order valence-corrected chi connectivity index (χ2v) is 4.81. The molecule has 0 aliphatic heterocycles. The average molecular weight is 271 g/mol. The van der Waals surface area contributed by atoms with Gasteiger partial charge in [0.15, 0.2) is 11.5 Å². The van der Waals surface area contributed by atoms with Gasteiger partial charge in [-0.15, -0.1) is 0 Å². The second-order valence-electron chi connectivity index (χ2n) is 4.81. The van der Waals surface area contributed by atoms with Crippen LogP contribution in [0.5, 0.6) is 11.5 Å². The van der Waals surface area contributed by atoms with Gasteiger partial charge in [0.1, 0.15) is 0 Å². The van der Waals surface area contributed by atoms with E-state index in [1.165, 1.54) is 5.56 Å². The van der Waals surface area contributed by atoms with Gasteiger partial charge in [0.05, 0.1) is 13.7 Å². The van der Waals surface area contributed by atoms with Crippen molar-refractivity contribution in [2.75, 3.05) is 32.7 Å². The number of hydrogen-bond donors (Lipinski definition) is 0. The van der Waals surface area contributed by atoms with E-state index in [1.54, 1.807) is 7.11 Å². The van der Waals surface area contributed by atoms with Crippen molar-refractivity contribution in [1.82, 2.24) is 0 Å². The summed E-state index contributed by atoms with van der Waals surface area (Å²) in [5.41, 5.74) is 2.37. The first kappa shape index (κ1) is 14.3. The van der Waals surface area contributed by atoms with Crippen LogP contribution in [0.1, 0.15) is 5.56 Å². The Morgan fingerprint density at radius 3 is 2.35 bits per heavy atom. The number of nitrogens with zero attached hydrogens (tertiary/aromatic N) is 1. The van der Waals surface area contributed by atoms with Crippen molar-refractivity contribution < 1.29 is 9.47 Å².